The number of hydrazine groups is 1. The molecule has 0 aromatic heterocycles. The first-order chi connectivity index (χ1) is 16.1. The lowest BCUT2D eigenvalue weighted by Crippen LogP contribution is -2.47. The Kier molecular flexibility index (Phi) is 8.16. The number of rotatable bonds is 9. The Morgan fingerprint density at radius 1 is 1.29 bits per heavy atom. The van der Waals surface area contributed by atoms with Crippen LogP contribution >= 0.6 is 23.4 Å². The molecule has 34 heavy (non-hydrogen) atoms. The molecule has 9 nitrogen and oxygen atoms in total. The van der Waals surface area contributed by atoms with E-state index in [-0.39, 0.29) is 12.3 Å². The number of halogens is 1. The van der Waals surface area contributed by atoms with Crippen LogP contribution in [0.1, 0.15) is 48.3 Å². The SMILES string of the molecule is Cc1cc(OCC(=O)NN2C(=O)C(CC(=O)O)SC2c2cccc(Cl)c2)c(C(C)C)cc1N=O. The van der Waals surface area contributed by atoms with Crippen LogP contribution in [0.15, 0.2) is 41.6 Å². The number of nitrogens with zero attached hydrogens (tertiary/aromatic N) is 2. The van der Waals surface area contributed by atoms with Gasteiger partial charge in [-0.1, -0.05) is 37.6 Å². The van der Waals surface area contributed by atoms with Crippen molar-refractivity contribution in [3.8, 4) is 5.75 Å². The Labute approximate surface area is 205 Å². The van der Waals surface area contributed by atoms with E-state index in [0.29, 0.717) is 27.6 Å². The number of nitroso groups, excluding NO2 is 1. The molecule has 2 amide bonds. The Bertz CT molecular complexity index is 1130. The lowest BCUT2D eigenvalue weighted by atomic mass is 9.99. The van der Waals surface area contributed by atoms with Crippen LogP contribution in [0, 0.1) is 11.8 Å². The lowest BCUT2D eigenvalue weighted by Gasteiger charge is -2.25. The molecule has 11 heteroatoms. The summed E-state index contributed by atoms with van der Waals surface area (Å²) in [6, 6.07) is 10.1. The highest BCUT2D eigenvalue weighted by Gasteiger charge is 2.43. The molecule has 2 aromatic rings. The van der Waals surface area contributed by atoms with Crippen LogP contribution in [-0.4, -0.2) is 39.8 Å². The van der Waals surface area contributed by atoms with Crippen LogP contribution in [0.25, 0.3) is 0 Å². The van der Waals surface area contributed by atoms with E-state index in [4.69, 9.17) is 21.4 Å². The minimum absolute atomic E-state index is 0.0136. The Hall–Kier alpha value is -3.11. The van der Waals surface area contributed by atoms with Gasteiger partial charge in [-0.15, -0.1) is 16.7 Å². The van der Waals surface area contributed by atoms with Crippen molar-refractivity contribution in [3.63, 3.8) is 0 Å². The summed E-state index contributed by atoms with van der Waals surface area (Å²) in [6.45, 7) is 5.16. The molecule has 0 radical (unpaired) electrons. The average molecular weight is 506 g/mol. The fraction of sp³-hybridized carbons (Fsp3) is 0.348. The number of amides is 2. The summed E-state index contributed by atoms with van der Waals surface area (Å²) in [5.41, 5.74) is 4.83. The molecule has 180 valence electrons. The van der Waals surface area contributed by atoms with Crippen molar-refractivity contribution in [1.82, 2.24) is 10.4 Å². The third-order valence-electron chi connectivity index (χ3n) is 5.19. The van der Waals surface area contributed by atoms with Gasteiger partial charge in [0.2, 0.25) is 0 Å². The zero-order valence-corrected chi connectivity index (χ0v) is 20.4. The number of hydrogen-bond acceptors (Lipinski definition) is 7. The Balaban J connectivity index is 1.77. The average Bonchev–Trinajstić information content (AvgIpc) is 3.06. The maximum absolute atomic E-state index is 12.9. The smallest absolute Gasteiger partial charge is 0.305 e. The van der Waals surface area contributed by atoms with Crippen molar-refractivity contribution in [2.24, 2.45) is 5.18 Å². The van der Waals surface area contributed by atoms with Gasteiger partial charge in [0.05, 0.1) is 11.7 Å². The van der Waals surface area contributed by atoms with E-state index in [9.17, 15) is 19.3 Å². The van der Waals surface area contributed by atoms with Gasteiger partial charge in [0.25, 0.3) is 11.8 Å². The van der Waals surface area contributed by atoms with Gasteiger partial charge in [0, 0.05) is 5.02 Å². The highest BCUT2D eigenvalue weighted by atomic mass is 35.5. The van der Waals surface area contributed by atoms with Gasteiger partial charge in [0.1, 0.15) is 16.8 Å². The van der Waals surface area contributed by atoms with Crippen molar-refractivity contribution >= 4 is 46.8 Å². The van der Waals surface area contributed by atoms with Crippen LogP contribution in [0.4, 0.5) is 5.69 Å². The molecule has 0 aliphatic carbocycles. The fourth-order valence-electron chi connectivity index (χ4n) is 3.51. The van der Waals surface area contributed by atoms with Crippen molar-refractivity contribution in [2.45, 2.75) is 43.7 Å². The third kappa shape index (κ3) is 5.87. The van der Waals surface area contributed by atoms with Crippen molar-refractivity contribution in [3.05, 3.63) is 63.0 Å². The molecular weight excluding hydrogens is 482 g/mol. The number of hydrogen-bond donors (Lipinski definition) is 2. The number of thioether (sulfide) groups is 1. The molecule has 2 aromatic carbocycles. The summed E-state index contributed by atoms with van der Waals surface area (Å²) in [7, 11) is 0. The first-order valence-electron chi connectivity index (χ1n) is 10.5. The van der Waals surface area contributed by atoms with E-state index in [1.165, 1.54) is 0 Å². The molecule has 1 heterocycles. The second kappa shape index (κ2) is 10.9. The standard InChI is InChI=1S/C23H24ClN3O6S/c1-12(2)16-9-17(26-32)13(3)7-18(16)33-11-20(28)25-27-22(31)19(10-21(29)30)34-23(27)14-5-4-6-15(24)8-14/h4-9,12,19,23H,10-11H2,1-3H3,(H,25,28)(H,29,30). The van der Waals surface area contributed by atoms with Gasteiger partial charge >= 0.3 is 5.97 Å². The number of carboxylic acids is 1. The molecule has 0 spiro atoms. The topological polar surface area (TPSA) is 125 Å². The Morgan fingerprint density at radius 2 is 2.03 bits per heavy atom. The molecule has 0 bridgehead atoms. The third-order valence-corrected chi connectivity index (χ3v) is 6.86. The van der Waals surface area contributed by atoms with Gasteiger partial charge in [-0.2, -0.15) is 0 Å². The maximum atomic E-state index is 12.9. The number of carbonyl (C=O) groups excluding carboxylic acids is 2. The fourth-order valence-corrected chi connectivity index (χ4v) is 5.07. The van der Waals surface area contributed by atoms with Crippen LogP contribution in [0.5, 0.6) is 5.75 Å². The molecule has 1 fully saturated rings. The lowest BCUT2D eigenvalue weighted by molar-refractivity contribution is -0.144. The monoisotopic (exact) mass is 505 g/mol. The highest BCUT2D eigenvalue weighted by molar-refractivity contribution is 8.01. The zero-order valence-electron chi connectivity index (χ0n) is 18.8. The minimum Gasteiger partial charge on any atom is -0.483 e. The minimum atomic E-state index is -1.11. The number of aryl methyl sites for hydroxylation is 1. The number of carbonyl (C=O) groups is 3. The quantitative estimate of drug-likeness (QED) is 0.473. The Morgan fingerprint density at radius 3 is 2.65 bits per heavy atom. The van der Waals surface area contributed by atoms with Gasteiger partial charge in [0.15, 0.2) is 6.61 Å². The largest absolute Gasteiger partial charge is 0.483 e. The van der Waals surface area contributed by atoms with E-state index in [1.807, 2.05) is 13.8 Å². The number of ether oxygens (including phenoxy) is 1. The molecular formula is C23H24ClN3O6S. The predicted octanol–water partition coefficient (Wildman–Crippen LogP) is 4.70. The molecule has 0 saturated carbocycles. The summed E-state index contributed by atoms with van der Waals surface area (Å²) >= 11 is 7.21. The van der Waals surface area contributed by atoms with Crippen LogP contribution in [0.3, 0.4) is 0 Å². The van der Waals surface area contributed by atoms with E-state index < -0.39 is 35.0 Å². The van der Waals surface area contributed by atoms with Crippen molar-refractivity contribution in [2.75, 3.05) is 6.61 Å². The summed E-state index contributed by atoms with van der Waals surface area (Å²) in [6.07, 6.45) is -0.377. The first-order valence-corrected chi connectivity index (χ1v) is 11.8. The van der Waals surface area contributed by atoms with Crippen molar-refractivity contribution in [1.29, 1.82) is 0 Å². The van der Waals surface area contributed by atoms with Crippen molar-refractivity contribution < 1.29 is 24.2 Å². The number of carboxylic acid groups (broad SMARTS) is 1. The first kappa shape index (κ1) is 25.5. The van der Waals surface area contributed by atoms with Crippen LogP contribution in [-0.2, 0) is 14.4 Å². The van der Waals surface area contributed by atoms with E-state index >= 15 is 0 Å². The second-order valence-corrected chi connectivity index (χ2v) is 9.81. The molecule has 3 rings (SSSR count). The molecule has 2 atom stereocenters. The highest BCUT2D eigenvalue weighted by Crippen LogP contribution is 2.43. The van der Waals surface area contributed by atoms with E-state index in [2.05, 4.69) is 10.6 Å². The summed E-state index contributed by atoms with van der Waals surface area (Å²) in [5, 5.41) is 12.2. The van der Waals surface area contributed by atoms with Crippen LogP contribution < -0.4 is 10.2 Å². The summed E-state index contributed by atoms with van der Waals surface area (Å²) in [4.78, 5) is 47.9. The summed E-state index contributed by atoms with van der Waals surface area (Å²) in [5.74, 6) is -1.78. The number of nitrogens with one attached hydrogen (secondary N) is 1. The van der Waals surface area contributed by atoms with Gasteiger partial charge < -0.3 is 9.84 Å². The molecule has 1 aliphatic heterocycles. The molecule has 2 unspecified atom stereocenters. The van der Waals surface area contributed by atoms with E-state index in [0.717, 1.165) is 22.3 Å². The van der Waals surface area contributed by atoms with Gasteiger partial charge in [-0.3, -0.25) is 19.8 Å². The van der Waals surface area contributed by atoms with Gasteiger partial charge in [-0.25, -0.2) is 5.01 Å². The molecule has 1 saturated heterocycles. The second-order valence-electron chi connectivity index (χ2n) is 8.08. The predicted molar refractivity (Wildman–Crippen MR) is 129 cm³/mol. The zero-order chi connectivity index (χ0) is 25.0. The summed E-state index contributed by atoms with van der Waals surface area (Å²) < 4.78 is 5.72. The van der Waals surface area contributed by atoms with E-state index in [1.54, 1.807) is 43.3 Å². The van der Waals surface area contributed by atoms with Crippen LogP contribution in [0.2, 0.25) is 5.02 Å². The molecule has 1 aliphatic rings. The molecule has 2 N–H and O–H groups in total. The normalized spacial score (nSPS) is 17.7. The maximum Gasteiger partial charge on any atom is 0.305 e. The van der Waals surface area contributed by atoms with Gasteiger partial charge in [-0.05, 0) is 59.0 Å². The number of aliphatic carboxylic acids is 1. The number of benzene rings is 2.